The van der Waals surface area contributed by atoms with Gasteiger partial charge in [-0.1, -0.05) is 44.2 Å². The van der Waals surface area contributed by atoms with Gasteiger partial charge >= 0.3 is 0 Å². The van der Waals surface area contributed by atoms with E-state index in [0.717, 1.165) is 13.0 Å². The minimum absolute atomic E-state index is 0.0361. The van der Waals surface area contributed by atoms with E-state index in [0.29, 0.717) is 24.1 Å². The minimum Gasteiger partial charge on any atom is -0.377 e. The lowest BCUT2D eigenvalue weighted by atomic mass is 9.89. The standard InChI is InChI=1S/C17H28N2O/c1-12(2)17(16(18)14-8-6-5-7-9-14)19(4)15-10-11-20-13(15)3/h5-9,12-13,15-17H,10-11,18H2,1-4H3. The monoisotopic (exact) mass is 276 g/mol. The molecule has 3 nitrogen and oxygen atoms in total. The Kier molecular flexibility index (Phi) is 5.19. The summed E-state index contributed by atoms with van der Waals surface area (Å²) in [6.45, 7) is 7.54. The zero-order valence-corrected chi connectivity index (χ0v) is 13.1. The first-order valence-electron chi connectivity index (χ1n) is 7.66. The van der Waals surface area contributed by atoms with Gasteiger partial charge in [0.1, 0.15) is 0 Å². The Morgan fingerprint density at radius 3 is 2.40 bits per heavy atom. The third-order valence-corrected chi connectivity index (χ3v) is 4.57. The highest BCUT2D eigenvalue weighted by atomic mass is 16.5. The molecule has 2 rings (SSSR count). The molecule has 4 atom stereocenters. The number of nitrogens with zero attached hydrogens (tertiary/aromatic N) is 1. The van der Waals surface area contributed by atoms with Crippen LogP contribution in [0.5, 0.6) is 0 Å². The van der Waals surface area contributed by atoms with Crippen molar-refractivity contribution < 1.29 is 4.74 Å². The van der Waals surface area contributed by atoms with Gasteiger partial charge in [0.2, 0.25) is 0 Å². The summed E-state index contributed by atoms with van der Waals surface area (Å²) in [7, 11) is 2.20. The molecule has 2 N–H and O–H groups in total. The molecule has 0 aliphatic carbocycles. The lowest BCUT2D eigenvalue weighted by molar-refractivity contribution is 0.0487. The topological polar surface area (TPSA) is 38.5 Å². The van der Waals surface area contributed by atoms with Gasteiger partial charge in [0.05, 0.1) is 6.10 Å². The van der Waals surface area contributed by atoms with Crippen LogP contribution in [0.1, 0.15) is 38.8 Å². The molecule has 0 amide bonds. The van der Waals surface area contributed by atoms with E-state index < -0.39 is 0 Å². The molecule has 1 saturated heterocycles. The van der Waals surface area contributed by atoms with E-state index >= 15 is 0 Å². The van der Waals surface area contributed by atoms with Gasteiger partial charge in [0.25, 0.3) is 0 Å². The van der Waals surface area contributed by atoms with Crippen LogP contribution in [0.15, 0.2) is 30.3 Å². The van der Waals surface area contributed by atoms with Gasteiger partial charge in [-0.3, -0.25) is 4.90 Å². The lowest BCUT2D eigenvalue weighted by Gasteiger charge is -2.40. The molecule has 3 heteroatoms. The van der Waals surface area contributed by atoms with Crippen LogP contribution in [0.3, 0.4) is 0 Å². The molecule has 0 saturated carbocycles. The van der Waals surface area contributed by atoms with Crippen LogP contribution in [0.25, 0.3) is 0 Å². The zero-order chi connectivity index (χ0) is 14.7. The van der Waals surface area contributed by atoms with Crippen LogP contribution in [-0.4, -0.2) is 36.7 Å². The highest BCUT2D eigenvalue weighted by Crippen LogP contribution is 2.29. The van der Waals surface area contributed by atoms with Crippen molar-refractivity contribution in [3.8, 4) is 0 Å². The van der Waals surface area contributed by atoms with Crippen molar-refractivity contribution in [2.24, 2.45) is 11.7 Å². The molecule has 4 unspecified atom stereocenters. The molecule has 0 spiro atoms. The molecule has 1 aliphatic heterocycles. The summed E-state index contributed by atoms with van der Waals surface area (Å²) in [6, 6.07) is 11.3. The zero-order valence-electron chi connectivity index (χ0n) is 13.1. The largest absolute Gasteiger partial charge is 0.377 e. The van der Waals surface area contributed by atoms with Crippen LogP contribution >= 0.6 is 0 Å². The minimum atomic E-state index is 0.0361. The van der Waals surface area contributed by atoms with Crippen LogP contribution in [0, 0.1) is 5.92 Å². The number of likely N-dealkylation sites (N-methyl/N-ethyl adjacent to an activating group) is 1. The number of nitrogens with two attached hydrogens (primary N) is 1. The number of hydrogen-bond acceptors (Lipinski definition) is 3. The number of benzene rings is 1. The highest BCUT2D eigenvalue weighted by molar-refractivity contribution is 5.20. The normalized spacial score (nSPS) is 26.1. The second-order valence-electron chi connectivity index (χ2n) is 6.27. The average Bonchev–Trinajstić information content (AvgIpc) is 2.85. The van der Waals surface area contributed by atoms with Crippen LogP contribution in [0.4, 0.5) is 0 Å². The van der Waals surface area contributed by atoms with Gasteiger partial charge in [0, 0.05) is 24.7 Å². The fourth-order valence-corrected chi connectivity index (χ4v) is 3.49. The summed E-state index contributed by atoms with van der Waals surface area (Å²) in [6.07, 6.45) is 1.40. The molecular formula is C17H28N2O. The first kappa shape index (κ1) is 15.5. The SMILES string of the molecule is CC(C)C(C(N)c1ccccc1)N(C)C1CCOC1C. The summed E-state index contributed by atoms with van der Waals surface area (Å²) in [5.41, 5.74) is 7.78. The van der Waals surface area contributed by atoms with Gasteiger partial charge in [-0.25, -0.2) is 0 Å². The quantitative estimate of drug-likeness (QED) is 0.898. The van der Waals surface area contributed by atoms with Gasteiger partial charge in [0.15, 0.2) is 0 Å². The first-order valence-corrected chi connectivity index (χ1v) is 7.66. The number of hydrogen-bond donors (Lipinski definition) is 1. The maximum absolute atomic E-state index is 6.57. The molecule has 0 bridgehead atoms. The van der Waals surface area contributed by atoms with E-state index in [1.54, 1.807) is 0 Å². The van der Waals surface area contributed by atoms with Crippen LogP contribution in [0.2, 0.25) is 0 Å². The summed E-state index contributed by atoms with van der Waals surface area (Å²) in [5, 5.41) is 0. The molecule has 20 heavy (non-hydrogen) atoms. The van der Waals surface area contributed by atoms with Crippen LogP contribution < -0.4 is 5.73 Å². The molecule has 1 aromatic rings. The number of ether oxygens (including phenoxy) is 1. The van der Waals surface area contributed by atoms with Gasteiger partial charge in [-0.05, 0) is 31.9 Å². The van der Waals surface area contributed by atoms with E-state index in [1.165, 1.54) is 5.56 Å². The van der Waals surface area contributed by atoms with E-state index in [1.807, 2.05) is 6.07 Å². The Bertz CT molecular complexity index is 407. The van der Waals surface area contributed by atoms with Crippen molar-refractivity contribution in [2.75, 3.05) is 13.7 Å². The Morgan fingerprint density at radius 1 is 1.25 bits per heavy atom. The maximum Gasteiger partial charge on any atom is 0.0703 e. The summed E-state index contributed by atoms with van der Waals surface area (Å²) < 4.78 is 5.72. The van der Waals surface area contributed by atoms with Crippen molar-refractivity contribution >= 4 is 0 Å². The average molecular weight is 276 g/mol. The van der Waals surface area contributed by atoms with Gasteiger partial charge < -0.3 is 10.5 Å². The van der Waals surface area contributed by atoms with Gasteiger partial charge in [-0.2, -0.15) is 0 Å². The van der Waals surface area contributed by atoms with E-state index in [9.17, 15) is 0 Å². The van der Waals surface area contributed by atoms with Crippen LogP contribution in [-0.2, 0) is 4.74 Å². The lowest BCUT2D eigenvalue weighted by Crippen LogP contribution is -2.50. The number of rotatable bonds is 5. The van der Waals surface area contributed by atoms with Crippen molar-refractivity contribution in [3.63, 3.8) is 0 Å². The van der Waals surface area contributed by atoms with Crippen molar-refractivity contribution in [1.82, 2.24) is 4.90 Å². The molecule has 1 aliphatic rings. The fraction of sp³-hybridized carbons (Fsp3) is 0.647. The fourth-order valence-electron chi connectivity index (χ4n) is 3.49. The van der Waals surface area contributed by atoms with Crippen molar-refractivity contribution in [1.29, 1.82) is 0 Å². The van der Waals surface area contributed by atoms with Crippen molar-refractivity contribution in [2.45, 2.75) is 51.4 Å². The Labute approximate surface area is 123 Å². The predicted octanol–water partition coefficient (Wildman–Crippen LogP) is 2.82. The van der Waals surface area contributed by atoms with E-state index in [-0.39, 0.29) is 6.04 Å². The third kappa shape index (κ3) is 3.22. The first-order chi connectivity index (χ1) is 9.52. The highest BCUT2D eigenvalue weighted by Gasteiger charge is 2.35. The summed E-state index contributed by atoms with van der Waals surface area (Å²) in [5.74, 6) is 0.503. The van der Waals surface area contributed by atoms with Crippen molar-refractivity contribution in [3.05, 3.63) is 35.9 Å². The Balaban J connectivity index is 2.18. The van der Waals surface area contributed by atoms with E-state index in [4.69, 9.17) is 10.5 Å². The smallest absolute Gasteiger partial charge is 0.0703 e. The predicted molar refractivity (Wildman–Crippen MR) is 83.6 cm³/mol. The second-order valence-corrected chi connectivity index (χ2v) is 6.27. The molecule has 1 fully saturated rings. The summed E-state index contributed by atoms with van der Waals surface area (Å²) in [4.78, 5) is 2.44. The molecule has 1 heterocycles. The Hall–Kier alpha value is -0.900. The molecular weight excluding hydrogens is 248 g/mol. The second kappa shape index (κ2) is 6.70. The molecule has 0 aromatic heterocycles. The molecule has 1 aromatic carbocycles. The Morgan fingerprint density at radius 2 is 1.90 bits per heavy atom. The maximum atomic E-state index is 6.57. The summed E-state index contributed by atoms with van der Waals surface area (Å²) >= 11 is 0. The molecule has 112 valence electrons. The van der Waals surface area contributed by atoms with E-state index in [2.05, 4.69) is 57.0 Å². The van der Waals surface area contributed by atoms with Gasteiger partial charge in [-0.15, -0.1) is 0 Å². The third-order valence-electron chi connectivity index (χ3n) is 4.57. The molecule has 0 radical (unpaired) electrons.